The third-order valence-electron chi connectivity index (χ3n) is 14.3. The lowest BCUT2D eigenvalue weighted by molar-refractivity contribution is 0.590. The first-order valence-electron chi connectivity index (χ1n) is 24.5. The maximum atomic E-state index is 11.7. The second kappa shape index (κ2) is 16.5. The van der Waals surface area contributed by atoms with Crippen LogP contribution in [0.2, 0.25) is 0 Å². The molecule has 0 unspecified atom stereocenters. The number of nitrogens with zero attached hydrogens (tertiary/aromatic N) is 5. The van der Waals surface area contributed by atoms with Crippen LogP contribution in [0.4, 0.5) is 0 Å². The standard InChI is InChI=1S/C65H61N5/c1-62(2,3)42-26-30-52-46(34-42)47-35-43(63(4,5)6)27-31-53(47)69(52)56-24-19-25-57(70-54-32-28-44(64(7,8)9)36-48(54)49-37-45(65(10,11)12)29-33-55(49)70)59(56)58-50(38-66)60(40-20-15-13-16-21-40)68-61(51(58)39-67)41-22-17-14-18-23-41/h13-37H,1-12H3. The average molecular weight is 912 g/mol. The Morgan fingerprint density at radius 3 is 0.929 bits per heavy atom. The van der Waals surface area contributed by atoms with Gasteiger partial charge in [-0.2, -0.15) is 10.5 Å². The molecule has 10 aromatic rings. The van der Waals surface area contributed by atoms with Crippen molar-refractivity contribution in [1.82, 2.24) is 14.1 Å². The zero-order chi connectivity index (χ0) is 49.7. The van der Waals surface area contributed by atoms with E-state index in [1.54, 1.807) is 0 Å². The first kappa shape index (κ1) is 46.0. The lowest BCUT2D eigenvalue weighted by Crippen LogP contribution is -2.11. The molecule has 0 bridgehead atoms. The molecule has 7 aromatic carbocycles. The van der Waals surface area contributed by atoms with Crippen molar-refractivity contribution >= 4 is 43.6 Å². The van der Waals surface area contributed by atoms with Crippen LogP contribution in [0.1, 0.15) is 116 Å². The van der Waals surface area contributed by atoms with Gasteiger partial charge in [-0.05, 0) is 105 Å². The molecule has 346 valence electrons. The van der Waals surface area contributed by atoms with Gasteiger partial charge in [0.2, 0.25) is 0 Å². The fraction of sp³-hybridized carbons (Fsp3) is 0.246. The number of fused-ring (bicyclic) bond motifs is 6. The van der Waals surface area contributed by atoms with Crippen LogP contribution in [0.15, 0.2) is 152 Å². The van der Waals surface area contributed by atoms with Gasteiger partial charge in [0.05, 0.1) is 56.0 Å². The number of hydrogen-bond donors (Lipinski definition) is 0. The zero-order valence-corrected chi connectivity index (χ0v) is 42.7. The van der Waals surface area contributed by atoms with Gasteiger partial charge in [-0.15, -0.1) is 0 Å². The van der Waals surface area contributed by atoms with Gasteiger partial charge < -0.3 is 9.13 Å². The van der Waals surface area contributed by atoms with Crippen LogP contribution in [0, 0.1) is 22.7 Å². The summed E-state index contributed by atoms with van der Waals surface area (Å²) in [6.45, 7) is 27.2. The Kier molecular flexibility index (Phi) is 10.8. The Morgan fingerprint density at radius 2 is 0.657 bits per heavy atom. The highest BCUT2D eigenvalue weighted by atomic mass is 15.0. The van der Waals surface area contributed by atoms with E-state index >= 15 is 0 Å². The highest BCUT2D eigenvalue weighted by Gasteiger charge is 2.31. The van der Waals surface area contributed by atoms with Crippen molar-refractivity contribution < 1.29 is 0 Å². The second-order valence-corrected chi connectivity index (χ2v) is 23.2. The molecule has 70 heavy (non-hydrogen) atoms. The number of hydrogen-bond acceptors (Lipinski definition) is 3. The predicted molar refractivity (Wildman–Crippen MR) is 293 cm³/mol. The maximum absolute atomic E-state index is 11.7. The molecule has 0 aliphatic heterocycles. The summed E-state index contributed by atoms with van der Waals surface area (Å²) >= 11 is 0. The van der Waals surface area contributed by atoms with Gasteiger partial charge in [0.1, 0.15) is 12.1 Å². The molecule has 0 aliphatic carbocycles. The van der Waals surface area contributed by atoms with E-state index in [1.165, 1.54) is 22.3 Å². The van der Waals surface area contributed by atoms with Crippen molar-refractivity contribution in [2.75, 3.05) is 0 Å². The van der Waals surface area contributed by atoms with Crippen LogP contribution in [0.25, 0.3) is 88.6 Å². The molecule has 0 fully saturated rings. The molecule has 0 radical (unpaired) electrons. The number of pyridine rings is 1. The highest BCUT2D eigenvalue weighted by Crippen LogP contribution is 2.48. The zero-order valence-electron chi connectivity index (χ0n) is 42.7. The SMILES string of the molecule is CC(C)(C)c1ccc2c(c1)c1cc(C(C)(C)C)ccc1n2-c1cccc(-n2c3ccc(C(C)(C)C)cc3c3cc(C(C)(C)C)ccc32)c1-c1c(C#N)c(-c2ccccc2)nc(-c2ccccc2)c1C#N. The van der Waals surface area contributed by atoms with Crippen LogP contribution < -0.4 is 0 Å². The molecule has 3 heterocycles. The first-order chi connectivity index (χ1) is 33.2. The van der Waals surface area contributed by atoms with Gasteiger partial charge in [-0.3, -0.25) is 0 Å². The van der Waals surface area contributed by atoms with E-state index in [2.05, 4.69) is 195 Å². The lowest BCUT2D eigenvalue weighted by atomic mass is 9.85. The molecule has 0 saturated heterocycles. The molecular weight excluding hydrogens is 851 g/mol. The number of rotatable bonds is 5. The fourth-order valence-electron chi connectivity index (χ4n) is 10.3. The minimum absolute atomic E-state index is 0.0896. The highest BCUT2D eigenvalue weighted by molar-refractivity contribution is 6.13. The van der Waals surface area contributed by atoms with E-state index in [9.17, 15) is 10.5 Å². The summed E-state index contributed by atoms with van der Waals surface area (Å²) in [6.07, 6.45) is 0. The van der Waals surface area contributed by atoms with Crippen LogP contribution in [-0.2, 0) is 21.7 Å². The lowest BCUT2D eigenvalue weighted by Gasteiger charge is -2.24. The van der Waals surface area contributed by atoms with Crippen molar-refractivity contribution in [3.8, 4) is 57.2 Å². The van der Waals surface area contributed by atoms with Gasteiger partial charge in [0.25, 0.3) is 0 Å². The summed E-state index contributed by atoms with van der Waals surface area (Å²) in [5.74, 6) is 0. The van der Waals surface area contributed by atoms with E-state index in [4.69, 9.17) is 4.98 Å². The minimum Gasteiger partial charge on any atom is -0.309 e. The number of aromatic nitrogens is 3. The van der Waals surface area contributed by atoms with Crippen molar-refractivity contribution in [2.45, 2.75) is 105 Å². The Balaban J connectivity index is 1.46. The molecule has 0 aliphatic rings. The summed E-state index contributed by atoms with van der Waals surface area (Å²) < 4.78 is 4.75. The van der Waals surface area contributed by atoms with Crippen LogP contribution >= 0.6 is 0 Å². The Bertz CT molecular complexity index is 3420. The van der Waals surface area contributed by atoms with E-state index in [-0.39, 0.29) is 21.7 Å². The third kappa shape index (κ3) is 7.66. The number of benzene rings is 7. The van der Waals surface area contributed by atoms with Gasteiger partial charge in [0.15, 0.2) is 0 Å². The summed E-state index contributed by atoms with van der Waals surface area (Å²) in [5.41, 5.74) is 15.1. The molecule has 0 atom stereocenters. The van der Waals surface area contributed by atoms with E-state index in [0.29, 0.717) is 28.1 Å². The maximum Gasteiger partial charge on any atom is 0.102 e. The van der Waals surface area contributed by atoms with Crippen molar-refractivity contribution in [3.63, 3.8) is 0 Å². The van der Waals surface area contributed by atoms with E-state index in [1.807, 2.05) is 60.7 Å². The monoisotopic (exact) mass is 911 g/mol. The molecule has 0 amide bonds. The summed E-state index contributed by atoms with van der Waals surface area (Å²) in [6, 6.07) is 59.2. The van der Waals surface area contributed by atoms with Crippen molar-refractivity contribution in [2.24, 2.45) is 0 Å². The molecule has 0 saturated carbocycles. The molecule has 5 nitrogen and oxygen atoms in total. The first-order valence-corrected chi connectivity index (χ1v) is 24.5. The molecule has 0 N–H and O–H groups in total. The quantitative estimate of drug-likeness (QED) is 0.173. The second-order valence-electron chi connectivity index (χ2n) is 23.2. The molecule has 3 aromatic heterocycles. The van der Waals surface area contributed by atoms with Crippen LogP contribution in [0.3, 0.4) is 0 Å². The van der Waals surface area contributed by atoms with Gasteiger partial charge in [-0.25, -0.2) is 4.98 Å². The largest absolute Gasteiger partial charge is 0.309 e. The summed E-state index contributed by atoms with van der Waals surface area (Å²) in [4.78, 5) is 5.30. The minimum atomic E-state index is -0.0896. The van der Waals surface area contributed by atoms with E-state index in [0.717, 1.165) is 71.7 Å². The Labute approximate surface area is 413 Å². The van der Waals surface area contributed by atoms with Crippen molar-refractivity contribution in [3.05, 3.63) is 185 Å². The molecular formula is C65H61N5. The van der Waals surface area contributed by atoms with Gasteiger partial charge in [0, 0.05) is 43.8 Å². The van der Waals surface area contributed by atoms with Crippen molar-refractivity contribution in [1.29, 1.82) is 10.5 Å². The van der Waals surface area contributed by atoms with Gasteiger partial charge >= 0.3 is 0 Å². The topological polar surface area (TPSA) is 70.3 Å². The predicted octanol–water partition coefficient (Wildman–Crippen LogP) is 17.2. The Morgan fingerprint density at radius 1 is 0.357 bits per heavy atom. The summed E-state index contributed by atoms with van der Waals surface area (Å²) in [5, 5.41) is 28.1. The molecule has 10 rings (SSSR count). The van der Waals surface area contributed by atoms with Crippen LogP contribution in [0.5, 0.6) is 0 Å². The van der Waals surface area contributed by atoms with Gasteiger partial charge in [-0.1, -0.05) is 174 Å². The number of nitriles is 2. The normalized spacial score (nSPS) is 12.5. The smallest absolute Gasteiger partial charge is 0.102 e. The van der Waals surface area contributed by atoms with E-state index < -0.39 is 0 Å². The van der Waals surface area contributed by atoms with Crippen LogP contribution in [-0.4, -0.2) is 14.1 Å². The average Bonchev–Trinajstić information content (AvgIpc) is 3.84. The fourth-order valence-corrected chi connectivity index (χ4v) is 10.3. The Hall–Kier alpha value is -7.73. The third-order valence-corrected chi connectivity index (χ3v) is 14.3. The molecule has 5 heteroatoms. The summed E-state index contributed by atoms with van der Waals surface area (Å²) in [7, 11) is 0. The molecule has 0 spiro atoms.